The Kier molecular flexibility index (Phi) is 4.11. The average molecular weight is 286 g/mol. The summed E-state index contributed by atoms with van der Waals surface area (Å²) in [4.78, 5) is 15.4. The number of nitrogens with zero attached hydrogens (tertiary/aromatic N) is 4. The van der Waals surface area contributed by atoms with Crippen LogP contribution in [0.25, 0.3) is 0 Å². The lowest BCUT2D eigenvalue weighted by Gasteiger charge is -2.06. The van der Waals surface area contributed by atoms with Crippen molar-refractivity contribution in [2.75, 3.05) is 12.4 Å². The van der Waals surface area contributed by atoms with Gasteiger partial charge in [-0.1, -0.05) is 0 Å². The van der Waals surface area contributed by atoms with E-state index in [4.69, 9.17) is 27.9 Å². The third-order valence-corrected chi connectivity index (χ3v) is 2.38. The summed E-state index contributed by atoms with van der Waals surface area (Å²) in [5.41, 5.74) is 0.967. The number of nitrogens with one attached hydrogen (secondary N) is 1. The number of halogens is 2. The summed E-state index contributed by atoms with van der Waals surface area (Å²) >= 11 is 11.3. The largest absolute Gasteiger partial charge is 0.481 e. The van der Waals surface area contributed by atoms with Crippen molar-refractivity contribution in [1.29, 1.82) is 0 Å². The SMILES string of the molecule is COc1cc(CNc2nc(Cl)nc(Cl)n2)ccn1. The molecule has 0 atom stereocenters. The van der Waals surface area contributed by atoms with E-state index < -0.39 is 0 Å². The lowest BCUT2D eigenvalue weighted by molar-refractivity contribution is 0.397. The zero-order valence-corrected chi connectivity index (χ0v) is 10.9. The van der Waals surface area contributed by atoms with Gasteiger partial charge in [0.1, 0.15) is 0 Å². The fraction of sp³-hybridized carbons (Fsp3) is 0.200. The van der Waals surface area contributed by atoms with Crippen LogP contribution in [0.3, 0.4) is 0 Å². The number of aromatic nitrogens is 4. The van der Waals surface area contributed by atoms with E-state index in [0.717, 1.165) is 5.56 Å². The maximum absolute atomic E-state index is 5.66. The highest BCUT2D eigenvalue weighted by molar-refractivity contribution is 6.31. The molecular formula is C10H9Cl2N5O. The topological polar surface area (TPSA) is 72.8 Å². The second-order valence-corrected chi connectivity index (χ2v) is 3.93. The molecule has 0 bridgehead atoms. The van der Waals surface area contributed by atoms with Crippen LogP contribution < -0.4 is 10.1 Å². The zero-order valence-electron chi connectivity index (χ0n) is 9.39. The van der Waals surface area contributed by atoms with Gasteiger partial charge in [-0.05, 0) is 34.8 Å². The van der Waals surface area contributed by atoms with Gasteiger partial charge in [0.25, 0.3) is 0 Å². The molecule has 94 valence electrons. The summed E-state index contributed by atoms with van der Waals surface area (Å²) in [6.07, 6.45) is 1.66. The van der Waals surface area contributed by atoms with Crippen LogP contribution in [0, 0.1) is 0 Å². The Labute approximate surface area is 113 Å². The number of pyridine rings is 1. The standard InChI is InChI=1S/C10H9Cl2N5O/c1-18-7-4-6(2-3-13-7)5-14-10-16-8(11)15-9(12)17-10/h2-4H,5H2,1H3,(H,14,15,16,17). The van der Waals surface area contributed by atoms with Crippen LogP contribution in [0.4, 0.5) is 5.95 Å². The van der Waals surface area contributed by atoms with Crippen molar-refractivity contribution in [1.82, 2.24) is 19.9 Å². The van der Waals surface area contributed by atoms with E-state index in [1.165, 1.54) is 0 Å². The first-order valence-electron chi connectivity index (χ1n) is 4.97. The summed E-state index contributed by atoms with van der Waals surface area (Å²) in [6, 6.07) is 3.65. The third kappa shape index (κ3) is 3.41. The molecule has 0 spiro atoms. The molecule has 2 aromatic rings. The lowest BCUT2D eigenvalue weighted by Crippen LogP contribution is -2.05. The predicted octanol–water partition coefficient (Wildman–Crippen LogP) is 2.19. The lowest BCUT2D eigenvalue weighted by atomic mass is 10.2. The van der Waals surface area contributed by atoms with Gasteiger partial charge in [0.2, 0.25) is 22.4 Å². The average Bonchev–Trinajstić information content (AvgIpc) is 2.35. The molecule has 2 rings (SSSR count). The molecule has 1 N–H and O–H groups in total. The van der Waals surface area contributed by atoms with Gasteiger partial charge in [0.15, 0.2) is 0 Å². The van der Waals surface area contributed by atoms with Gasteiger partial charge in [0, 0.05) is 18.8 Å². The van der Waals surface area contributed by atoms with E-state index >= 15 is 0 Å². The first kappa shape index (κ1) is 12.8. The van der Waals surface area contributed by atoms with Crippen LogP contribution in [-0.2, 0) is 6.54 Å². The quantitative estimate of drug-likeness (QED) is 0.928. The van der Waals surface area contributed by atoms with Crippen molar-refractivity contribution in [3.05, 3.63) is 34.5 Å². The van der Waals surface area contributed by atoms with Gasteiger partial charge in [0.05, 0.1) is 7.11 Å². The molecule has 8 heteroatoms. The maximum Gasteiger partial charge on any atom is 0.228 e. The molecule has 18 heavy (non-hydrogen) atoms. The van der Waals surface area contributed by atoms with E-state index in [1.54, 1.807) is 19.4 Å². The second-order valence-electron chi connectivity index (χ2n) is 3.26. The molecule has 0 amide bonds. The fourth-order valence-corrected chi connectivity index (χ4v) is 1.62. The van der Waals surface area contributed by atoms with Crippen LogP contribution in [-0.4, -0.2) is 27.0 Å². The third-order valence-electron chi connectivity index (χ3n) is 2.04. The monoisotopic (exact) mass is 285 g/mol. The van der Waals surface area contributed by atoms with Crippen molar-refractivity contribution in [3.63, 3.8) is 0 Å². The second kappa shape index (κ2) is 5.79. The van der Waals surface area contributed by atoms with Crippen LogP contribution in [0.1, 0.15) is 5.56 Å². The highest BCUT2D eigenvalue weighted by atomic mass is 35.5. The fourth-order valence-electron chi connectivity index (χ4n) is 1.26. The Morgan fingerprint density at radius 3 is 2.61 bits per heavy atom. The molecule has 0 radical (unpaired) electrons. The Morgan fingerprint density at radius 2 is 1.94 bits per heavy atom. The van der Waals surface area contributed by atoms with Crippen LogP contribution in [0.2, 0.25) is 10.6 Å². The molecule has 0 aromatic carbocycles. The summed E-state index contributed by atoms with van der Waals surface area (Å²) in [7, 11) is 1.56. The number of rotatable bonds is 4. The molecule has 6 nitrogen and oxygen atoms in total. The minimum absolute atomic E-state index is 0.0461. The first-order valence-corrected chi connectivity index (χ1v) is 5.73. The van der Waals surface area contributed by atoms with Gasteiger partial charge >= 0.3 is 0 Å². The molecule has 0 aliphatic heterocycles. The van der Waals surface area contributed by atoms with Gasteiger partial charge in [-0.3, -0.25) is 0 Å². The highest BCUT2D eigenvalue weighted by Crippen LogP contribution is 2.12. The van der Waals surface area contributed by atoms with Crippen molar-refractivity contribution >= 4 is 29.2 Å². The van der Waals surface area contributed by atoms with E-state index in [-0.39, 0.29) is 10.6 Å². The minimum Gasteiger partial charge on any atom is -0.481 e. The minimum atomic E-state index is 0.0461. The maximum atomic E-state index is 5.66. The van der Waals surface area contributed by atoms with Gasteiger partial charge in [-0.2, -0.15) is 15.0 Å². The summed E-state index contributed by atoms with van der Waals surface area (Å²) in [5.74, 6) is 0.858. The highest BCUT2D eigenvalue weighted by Gasteiger charge is 2.03. The van der Waals surface area contributed by atoms with E-state index in [2.05, 4.69) is 25.3 Å². The predicted molar refractivity (Wildman–Crippen MR) is 68.0 cm³/mol. The van der Waals surface area contributed by atoms with E-state index in [9.17, 15) is 0 Å². The van der Waals surface area contributed by atoms with Crippen LogP contribution in [0.5, 0.6) is 5.88 Å². The zero-order chi connectivity index (χ0) is 13.0. The Morgan fingerprint density at radius 1 is 1.22 bits per heavy atom. The summed E-state index contributed by atoms with van der Waals surface area (Å²) in [5, 5.41) is 3.07. The molecule has 2 aromatic heterocycles. The van der Waals surface area contributed by atoms with Crippen molar-refractivity contribution < 1.29 is 4.74 Å². The molecule has 0 fully saturated rings. The molecule has 0 aliphatic carbocycles. The number of hydrogen-bond acceptors (Lipinski definition) is 6. The normalized spacial score (nSPS) is 10.2. The van der Waals surface area contributed by atoms with Gasteiger partial charge < -0.3 is 10.1 Å². The number of anilines is 1. The number of hydrogen-bond donors (Lipinski definition) is 1. The van der Waals surface area contributed by atoms with E-state index in [0.29, 0.717) is 18.4 Å². The number of ether oxygens (including phenoxy) is 1. The van der Waals surface area contributed by atoms with Crippen LogP contribution in [0.15, 0.2) is 18.3 Å². The van der Waals surface area contributed by atoms with Crippen molar-refractivity contribution in [3.8, 4) is 5.88 Å². The van der Waals surface area contributed by atoms with Crippen molar-refractivity contribution in [2.45, 2.75) is 6.54 Å². The van der Waals surface area contributed by atoms with Crippen LogP contribution >= 0.6 is 23.2 Å². The first-order chi connectivity index (χ1) is 8.67. The van der Waals surface area contributed by atoms with Gasteiger partial charge in [-0.15, -0.1) is 0 Å². The number of methoxy groups -OCH3 is 1. The Balaban J connectivity index is 2.06. The molecule has 0 saturated heterocycles. The molecule has 0 unspecified atom stereocenters. The van der Waals surface area contributed by atoms with E-state index in [1.807, 2.05) is 6.07 Å². The Bertz CT molecular complexity index is 531. The smallest absolute Gasteiger partial charge is 0.228 e. The van der Waals surface area contributed by atoms with Gasteiger partial charge in [-0.25, -0.2) is 4.98 Å². The molecule has 2 heterocycles. The molecular weight excluding hydrogens is 277 g/mol. The van der Waals surface area contributed by atoms with Crippen molar-refractivity contribution in [2.24, 2.45) is 0 Å². The molecule has 0 aliphatic rings. The summed E-state index contributed by atoms with van der Waals surface area (Å²) < 4.78 is 5.02. The summed E-state index contributed by atoms with van der Waals surface area (Å²) in [6.45, 7) is 0.496. The molecule has 0 saturated carbocycles. The Hall–Kier alpha value is -1.66.